The van der Waals surface area contributed by atoms with E-state index in [9.17, 15) is 13.2 Å². The Morgan fingerprint density at radius 2 is 2.27 bits per heavy atom. The topological polar surface area (TPSA) is 80.7 Å². The zero-order valence-corrected chi connectivity index (χ0v) is 9.50. The summed E-state index contributed by atoms with van der Waals surface area (Å²) in [7, 11) is -3.07. The molecule has 0 aromatic carbocycles. The third-order valence-electron chi connectivity index (χ3n) is 2.52. The Kier molecular flexibility index (Phi) is 4.10. The Bertz CT molecular complexity index is 321. The number of hydrogen-bond donors (Lipinski definition) is 1. The van der Waals surface area contributed by atoms with E-state index in [1.54, 1.807) is 6.92 Å². The van der Waals surface area contributed by atoms with Crippen molar-refractivity contribution in [1.82, 2.24) is 0 Å². The Labute approximate surface area is 89.3 Å². The van der Waals surface area contributed by atoms with Crippen LogP contribution in [0.1, 0.15) is 19.8 Å². The largest absolute Gasteiger partial charge is 0.479 e. The molecule has 1 aliphatic rings. The van der Waals surface area contributed by atoms with Crippen LogP contribution in [-0.4, -0.2) is 43.7 Å². The van der Waals surface area contributed by atoms with Crippen molar-refractivity contribution in [2.75, 3.05) is 18.1 Å². The average molecular weight is 236 g/mol. The molecule has 1 saturated heterocycles. The number of aliphatic carboxylic acids is 1. The van der Waals surface area contributed by atoms with E-state index in [4.69, 9.17) is 9.84 Å². The normalized spacial score (nSPS) is 27.1. The number of carbonyl (C=O) groups is 1. The number of carboxylic acid groups (broad SMARTS) is 1. The first-order valence-electron chi connectivity index (χ1n) is 5.01. The average Bonchev–Trinajstić information content (AvgIpc) is 2.11. The van der Waals surface area contributed by atoms with Crippen LogP contribution in [0.25, 0.3) is 0 Å². The van der Waals surface area contributed by atoms with Crippen LogP contribution in [0.5, 0.6) is 0 Å². The molecule has 2 atom stereocenters. The van der Waals surface area contributed by atoms with Gasteiger partial charge < -0.3 is 9.84 Å². The first-order valence-corrected chi connectivity index (χ1v) is 6.83. The summed E-state index contributed by atoms with van der Waals surface area (Å²) in [5.41, 5.74) is 0. The zero-order valence-electron chi connectivity index (χ0n) is 8.68. The van der Waals surface area contributed by atoms with Gasteiger partial charge in [0.2, 0.25) is 0 Å². The van der Waals surface area contributed by atoms with E-state index in [-0.39, 0.29) is 18.1 Å². The molecule has 0 spiro atoms. The van der Waals surface area contributed by atoms with Gasteiger partial charge in [-0.15, -0.1) is 0 Å². The SMILES string of the molecule is CCOC(C(=O)O)C1CCCS(=O)(=O)C1. The molecule has 2 unspecified atom stereocenters. The molecule has 1 rings (SSSR count). The summed E-state index contributed by atoms with van der Waals surface area (Å²) < 4.78 is 27.8. The molecule has 0 aromatic heterocycles. The number of rotatable bonds is 4. The molecule has 0 amide bonds. The fraction of sp³-hybridized carbons (Fsp3) is 0.889. The maximum Gasteiger partial charge on any atom is 0.333 e. The van der Waals surface area contributed by atoms with Crippen LogP contribution >= 0.6 is 0 Å². The fourth-order valence-corrected chi connectivity index (χ4v) is 3.65. The molecule has 0 aromatic rings. The molecule has 0 bridgehead atoms. The highest BCUT2D eigenvalue weighted by Crippen LogP contribution is 2.23. The molecule has 5 nitrogen and oxygen atoms in total. The van der Waals surface area contributed by atoms with Gasteiger partial charge in [0.1, 0.15) is 0 Å². The van der Waals surface area contributed by atoms with Crippen LogP contribution in [-0.2, 0) is 19.4 Å². The van der Waals surface area contributed by atoms with E-state index in [2.05, 4.69) is 0 Å². The monoisotopic (exact) mass is 236 g/mol. The van der Waals surface area contributed by atoms with Crippen molar-refractivity contribution in [2.45, 2.75) is 25.9 Å². The molecule has 6 heteroatoms. The van der Waals surface area contributed by atoms with Crippen molar-refractivity contribution in [3.05, 3.63) is 0 Å². The summed E-state index contributed by atoms with van der Waals surface area (Å²) >= 11 is 0. The minimum absolute atomic E-state index is 0.0655. The maximum absolute atomic E-state index is 11.3. The van der Waals surface area contributed by atoms with Crippen molar-refractivity contribution in [3.63, 3.8) is 0 Å². The zero-order chi connectivity index (χ0) is 11.5. The summed E-state index contributed by atoms with van der Waals surface area (Å²) in [6.07, 6.45) is 0.158. The highest BCUT2D eigenvalue weighted by atomic mass is 32.2. The summed E-state index contributed by atoms with van der Waals surface area (Å²) in [5.74, 6) is -1.37. The first kappa shape index (κ1) is 12.4. The van der Waals surface area contributed by atoms with E-state index >= 15 is 0 Å². The summed E-state index contributed by atoms with van der Waals surface area (Å²) in [6, 6.07) is 0. The highest BCUT2D eigenvalue weighted by molar-refractivity contribution is 7.91. The van der Waals surface area contributed by atoms with Crippen molar-refractivity contribution >= 4 is 15.8 Å². The standard InChI is InChI=1S/C9H16O5S/c1-2-14-8(9(10)11)7-4-3-5-15(12,13)6-7/h7-8H,2-6H2,1H3,(H,10,11). The van der Waals surface area contributed by atoms with Gasteiger partial charge in [-0.3, -0.25) is 0 Å². The number of sulfone groups is 1. The van der Waals surface area contributed by atoms with Gasteiger partial charge >= 0.3 is 5.97 Å². The Hall–Kier alpha value is -0.620. The molecule has 0 saturated carbocycles. The van der Waals surface area contributed by atoms with E-state index in [1.807, 2.05) is 0 Å². The van der Waals surface area contributed by atoms with Gasteiger partial charge in [-0.2, -0.15) is 0 Å². The van der Waals surface area contributed by atoms with E-state index in [0.29, 0.717) is 12.8 Å². The Morgan fingerprint density at radius 3 is 2.73 bits per heavy atom. The van der Waals surface area contributed by atoms with Crippen molar-refractivity contribution in [2.24, 2.45) is 5.92 Å². The van der Waals surface area contributed by atoms with Crippen LogP contribution in [0.4, 0.5) is 0 Å². The molecular formula is C9H16O5S. The quantitative estimate of drug-likeness (QED) is 0.759. The smallest absolute Gasteiger partial charge is 0.333 e. The summed E-state index contributed by atoms with van der Waals surface area (Å²) in [4.78, 5) is 10.9. The lowest BCUT2D eigenvalue weighted by atomic mass is 9.98. The van der Waals surface area contributed by atoms with Crippen LogP contribution in [0.3, 0.4) is 0 Å². The van der Waals surface area contributed by atoms with E-state index < -0.39 is 27.8 Å². The van der Waals surface area contributed by atoms with Crippen molar-refractivity contribution in [1.29, 1.82) is 0 Å². The predicted octanol–water partition coefficient (Wildman–Crippen LogP) is 0.301. The highest BCUT2D eigenvalue weighted by Gasteiger charge is 2.35. The predicted molar refractivity (Wildman–Crippen MR) is 54.4 cm³/mol. The molecule has 0 radical (unpaired) electrons. The van der Waals surface area contributed by atoms with Crippen LogP contribution in [0, 0.1) is 5.92 Å². The van der Waals surface area contributed by atoms with Crippen LogP contribution < -0.4 is 0 Å². The van der Waals surface area contributed by atoms with Crippen LogP contribution in [0.2, 0.25) is 0 Å². The van der Waals surface area contributed by atoms with Gasteiger partial charge in [0.05, 0.1) is 11.5 Å². The van der Waals surface area contributed by atoms with Gasteiger partial charge in [-0.05, 0) is 19.8 Å². The molecular weight excluding hydrogens is 220 g/mol. The molecule has 88 valence electrons. The lowest BCUT2D eigenvalue weighted by Gasteiger charge is -2.26. The van der Waals surface area contributed by atoms with Crippen molar-refractivity contribution < 1.29 is 23.1 Å². The minimum Gasteiger partial charge on any atom is -0.479 e. The minimum atomic E-state index is -3.07. The second kappa shape index (κ2) is 4.94. The molecule has 1 fully saturated rings. The fourth-order valence-electron chi connectivity index (χ4n) is 1.89. The molecule has 1 heterocycles. The van der Waals surface area contributed by atoms with Gasteiger partial charge in [0.25, 0.3) is 0 Å². The summed E-state index contributed by atoms with van der Waals surface area (Å²) in [5, 5.41) is 8.91. The lowest BCUT2D eigenvalue weighted by Crippen LogP contribution is -2.39. The van der Waals surface area contributed by atoms with E-state index in [0.717, 1.165) is 0 Å². The van der Waals surface area contributed by atoms with Crippen molar-refractivity contribution in [3.8, 4) is 0 Å². The molecule has 15 heavy (non-hydrogen) atoms. The van der Waals surface area contributed by atoms with Gasteiger partial charge in [-0.1, -0.05) is 0 Å². The first-order chi connectivity index (χ1) is 6.96. The Balaban J connectivity index is 2.71. The Morgan fingerprint density at radius 1 is 1.60 bits per heavy atom. The molecule has 1 aliphatic heterocycles. The number of hydrogen-bond acceptors (Lipinski definition) is 4. The van der Waals surface area contributed by atoms with Crippen LogP contribution in [0.15, 0.2) is 0 Å². The van der Waals surface area contributed by atoms with Gasteiger partial charge in [0.15, 0.2) is 15.9 Å². The van der Waals surface area contributed by atoms with Gasteiger partial charge in [0, 0.05) is 12.5 Å². The second-order valence-corrected chi connectivity index (χ2v) is 5.96. The third-order valence-corrected chi connectivity index (χ3v) is 4.36. The summed E-state index contributed by atoms with van der Waals surface area (Å²) in [6.45, 7) is 1.99. The second-order valence-electron chi connectivity index (χ2n) is 3.73. The number of ether oxygens (including phenoxy) is 1. The number of carboxylic acids is 1. The molecule has 0 aliphatic carbocycles. The van der Waals surface area contributed by atoms with E-state index in [1.165, 1.54) is 0 Å². The third kappa shape index (κ3) is 3.46. The molecule has 1 N–H and O–H groups in total. The maximum atomic E-state index is 11.3. The lowest BCUT2D eigenvalue weighted by molar-refractivity contribution is -0.153. The van der Waals surface area contributed by atoms with Gasteiger partial charge in [-0.25, -0.2) is 13.2 Å².